The van der Waals surface area contributed by atoms with Gasteiger partial charge >= 0.3 is 0 Å². The van der Waals surface area contributed by atoms with E-state index in [1.54, 1.807) is 31.2 Å². The van der Waals surface area contributed by atoms with Gasteiger partial charge in [0.1, 0.15) is 11.5 Å². The zero-order chi connectivity index (χ0) is 21.1. The van der Waals surface area contributed by atoms with Crippen LogP contribution in [0, 0.1) is 13.8 Å². The van der Waals surface area contributed by atoms with Crippen molar-refractivity contribution in [3.63, 3.8) is 0 Å². The number of aryl methyl sites for hydroxylation is 1. The van der Waals surface area contributed by atoms with Gasteiger partial charge in [-0.25, -0.2) is 9.78 Å². The van der Waals surface area contributed by atoms with E-state index in [1.165, 1.54) is 23.0 Å². The van der Waals surface area contributed by atoms with E-state index in [9.17, 15) is 9.59 Å². The minimum Gasteiger partial charge on any atom is -0.457 e. The van der Waals surface area contributed by atoms with Gasteiger partial charge in [0.2, 0.25) is 0 Å². The molecule has 8 heteroatoms. The van der Waals surface area contributed by atoms with Gasteiger partial charge in [0.05, 0.1) is 17.5 Å². The van der Waals surface area contributed by atoms with Gasteiger partial charge in [0.25, 0.3) is 11.5 Å². The van der Waals surface area contributed by atoms with E-state index in [-0.39, 0.29) is 11.5 Å². The van der Waals surface area contributed by atoms with Crippen LogP contribution in [0.2, 0.25) is 0 Å². The number of H-pyrrole nitrogens is 1. The summed E-state index contributed by atoms with van der Waals surface area (Å²) in [7, 11) is 0. The van der Waals surface area contributed by atoms with Crippen molar-refractivity contribution < 1.29 is 9.53 Å². The Hall–Kier alpha value is -4.20. The lowest BCUT2D eigenvalue weighted by atomic mass is 10.2. The molecule has 4 rings (SSSR count). The number of carbonyl (C=O) groups excluding carboxylic acids is 1. The fourth-order valence-electron chi connectivity index (χ4n) is 2.87. The number of anilines is 1. The molecule has 0 spiro atoms. The number of carbonyl (C=O) groups is 1. The Balaban J connectivity index is 1.45. The molecule has 150 valence electrons. The van der Waals surface area contributed by atoms with Crippen molar-refractivity contribution in [1.82, 2.24) is 20.0 Å². The van der Waals surface area contributed by atoms with Crippen LogP contribution >= 0.6 is 0 Å². The number of rotatable bonds is 5. The SMILES string of the molecule is Cc1ccc(Oc2ccc(NC(=O)c3cnn(-c4ccc(=O)[nH]n4)c3C)cc2)cc1. The third-order valence-electron chi connectivity index (χ3n) is 4.50. The van der Waals surface area contributed by atoms with Crippen molar-refractivity contribution in [3.8, 4) is 17.3 Å². The maximum atomic E-state index is 12.7. The third kappa shape index (κ3) is 4.12. The molecule has 0 saturated carbocycles. The maximum absolute atomic E-state index is 12.7. The number of hydrogen-bond donors (Lipinski definition) is 2. The Morgan fingerprint density at radius 3 is 2.27 bits per heavy atom. The molecule has 0 radical (unpaired) electrons. The summed E-state index contributed by atoms with van der Waals surface area (Å²) in [6.45, 7) is 3.77. The molecule has 30 heavy (non-hydrogen) atoms. The predicted molar refractivity (Wildman–Crippen MR) is 112 cm³/mol. The smallest absolute Gasteiger partial charge is 0.264 e. The van der Waals surface area contributed by atoms with Crippen LogP contribution in [-0.2, 0) is 0 Å². The first kappa shape index (κ1) is 19.1. The Kier molecular flexibility index (Phi) is 5.13. The van der Waals surface area contributed by atoms with Crippen LogP contribution < -0.4 is 15.6 Å². The van der Waals surface area contributed by atoms with Crippen molar-refractivity contribution >= 4 is 11.6 Å². The summed E-state index contributed by atoms with van der Waals surface area (Å²) in [6, 6.07) is 17.8. The molecule has 0 unspecified atom stereocenters. The minimum atomic E-state index is -0.309. The molecule has 0 bridgehead atoms. The van der Waals surface area contributed by atoms with Crippen molar-refractivity contribution in [1.29, 1.82) is 0 Å². The summed E-state index contributed by atoms with van der Waals surface area (Å²) < 4.78 is 7.29. The molecular formula is C22H19N5O3. The molecule has 0 aliphatic heterocycles. The molecule has 2 heterocycles. The van der Waals surface area contributed by atoms with Gasteiger partial charge in [0.15, 0.2) is 5.82 Å². The van der Waals surface area contributed by atoms with E-state index < -0.39 is 0 Å². The number of amides is 1. The first-order valence-electron chi connectivity index (χ1n) is 9.26. The molecular weight excluding hydrogens is 382 g/mol. The van der Waals surface area contributed by atoms with Gasteiger partial charge in [0, 0.05) is 11.8 Å². The van der Waals surface area contributed by atoms with Gasteiger partial charge in [-0.1, -0.05) is 17.7 Å². The molecule has 0 aliphatic carbocycles. The zero-order valence-electron chi connectivity index (χ0n) is 16.4. The van der Waals surface area contributed by atoms with Crippen molar-refractivity contribution in [3.05, 3.63) is 94.0 Å². The summed E-state index contributed by atoms with van der Waals surface area (Å²) in [6.07, 6.45) is 1.46. The van der Waals surface area contributed by atoms with Crippen molar-refractivity contribution in [2.45, 2.75) is 13.8 Å². The number of nitrogens with zero attached hydrogens (tertiary/aromatic N) is 3. The highest BCUT2D eigenvalue weighted by Gasteiger charge is 2.16. The van der Waals surface area contributed by atoms with Crippen LogP contribution in [0.4, 0.5) is 5.69 Å². The third-order valence-corrected chi connectivity index (χ3v) is 4.50. The van der Waals surface area contributed by atoms with Crippen molar-refractivity contribution in [2.75, 3.05) is 5.32 Å². The van der Waals surface area contributed by atoms with Crippen LogP contribution in [0.3, 0.4) is 0 Å². The van der Waals surface area contributed by atoms with Crippen LogP contribution in [-0.4, -0.2) is 25.9 Å². The molecule has 2 aromatic heterocycles. The average Bonchev–Trinajstić information content (AvgIpc) is 3.13. The van der Waals surface area contributed by atoms with Crippen LogP contribution in [0.25, 0.3) is 5.82 Å². The quantitative estimate of drug-likeness (QED) is 0.532. The number of ether oxygens (including phenoxy) is 1. The first-order chi connectivity index (χ1) is 14.5. The molecule has 0 saturated heterocycles. The lowest BCUT2D eigenvalue weighted by Gasteiger charge is -2.08. The summed E-state index contributed by atoms with van der Waals surface area (Å²) >= 11 is 0. The molecule has 2 aromatic carbocycles. The summed E-state index contributed by atoms with van der Waals surface area (Å²) in [5.74, 6) is 1.54. The number of aromatic nitrogens is 4. The minimum absolute atomic E-state index is 0.296. The lowest BCUT2D eigenvalue weighted by molar-refractivity contribution is 0.102. The van der Waals surface area contributed by atoms with Crippen LogP contribution in [0.15, 0.2) is 71.7 Å². The first-order valence-corrected chi connectivity index (χ1v) is 9.26. The second-order valence-corrected chi connectivity index (χ2v) is 6.73. The predicted octanol–water partition coefficient (Wildman–Crippen LogP) is 3.62. The summed E-state index contributed by atoms with van der Waals surface area (Å²) in [5.41, 5.74) is 2.49. The number of nitrogens with one attached hydrogen (secondary N) is 2. The largest absolute Gasteiger partial charge is 0.457 e. The second-order valence-electron chi connectivity index (χ2n) is 6.73. The molecule has 0 fully saturated rings. The highest BCUT2D eigenvalue weighted by molar-refractivity contribution is 6.05. The Labute approximate surface area is 172 Å². The van der Waals surface area contributed by atoms with Gasteiger partial charge in [-0.3, -0.25) is 9.59 Å². The molecule has 0 atom stereocenters. The van der Waals surface area contributed by atoms with Gasteiger partial charge in [-0.15, -0.1) is 0 Å². The molecule has 2 N–H and O–H groups in total. The Morgan fingerprint density at radius 2 is 1.63 bits per heavy atom. The Bertz CT molecular complexity index is 1220. The highest BCUT2D eigenvalue weighted by atomic mass is 16.5. The second kappa shape index (κ2) is 8.04. The van der Waals surface area contributed by atoms with Gasteiger partial charge in [-0.05, 0) is 56.3 Å². The van der Waals surface area contributed by atoms with E-state index in [2.05, 4.69) is 20.6 Å². The van der Waals surface area contributed by atoms with E-state index in [0.29, 0.717) is 28.5 Å². The monoisotopic (exact) mass is 401 g/mol. The van der Waals surface area contributed by atoms with Crippen LogP contribution in [0.1, 0.15) is 21.6 Å². The van der Waals surface area contributed by atoms with E-state index >= 15 is 0 Å². The fraction of sp³-hybridized carbons (Fsp3) is 0.0909. The molecule has 8 nitrogen and oxygen atoms in total. The summed E-state index contributed by atoms with van der Waals surface area (Å²) in [5, 5.41) is 13.3. The zero-order valence-corrected chi connectivity index (χ0v) is 16.4. The number of benzene rings is 2. The fourth-order valence-corrected chi connectivity index (χ4v) is 2.87. The van der Waals surface area contributed by atoms with Crippen LogP contribution in [0.5, 0.6) is 11.5 Å². The van der Waals surface area contributed by atoms with E-state index in [0.717, 1.165) is 11.3 Å². The number of aromatic amines is 1. The van der Waals surface area contributed by atoms with Gasteiger partial charge < -0.3 is 10.1 Å². The lowest BCUT2D eigenvalue weighted by Crippen LogP contribution is -2.14. The summed E-state index contributed by atoms with van der Waals surface area (Å²) in [4.78, 5) is 23.8. The van der Waals surface area contributed by atoms with E-state index in [1.807, 2.05) is 31.2 Å². The maximum Gasteiger partial charge on any atom is 0.264 e. The normalized spacial score (nSPS) is 10.6. The molecule has 0 aliphatic rings. The van der Waals surface area contributed by atoms with Crippen molar-refractivity contribution in [2.24, 2.45) is 0 Å². The topological polar surface area (TPSA) is 102 Å². The number of hydrogen-bond acceptors (Lipinski definition) is 5. The molecule has 1 amide bonds. The highest BCUT2D eigenvalue weighted by Crippen LogP contribution is 2.23. The standard InChI is InChI=1S/C22H19N5O3/c1-14-3-7-17(8-4-14)30-18-9-5-16(6-10-18)24-22(29)19-13-23-27(15(19)2)20-11-12-21(28)26-25-20/h3-13H,1-2H3,(H,24,29)(H,26,28). The average molecular weight is 401 g/mol. The molecule has 4 aromatic rings. The van der Waals surface area contributed by atoms with E-state index in [4.69, 9.17) is 4.74 Å². The Morgan fingerprint density at radius 1 is 0.967 bits per heavy atom. The van der Waals surface area contributed by atoms with Gasteiger partial charge in [-0.2, -0.15) is 10.2 Å².